The SMILES string of the molecule is CNC(=O)C(C#N)=C1SC(Cc2ccc(OC)cc2)C(=O)N1c1cccc(C)c1. The second-order valence-corrected chi connectivity index (χ2v) is 7.73. The van der Waals surface area contributed by atoms with Crippen LogP contribution in [-0.2, 0) is 16.0 Å². The van der Waals surface area contributed by atoms with Crippen molar-refractivity contribution >= 4 is 29.3 Å². The van der Waals surface area contributed by atoms with E-state index in [1.165, 1.54) is 23.7 Å². The topological polar surface area (TPSA) is 82.4 Å². The number of nitrogens with one attached hydrogen (secondary N) is 1. The molecular weight excluding hydrogens is 386 g/mol. The van der Waals surface area contributed by atoms with Crippen molar-refractivity contribution in [3.8, 4) is 11.8 Å². The van der Waals surface area contributed by atoms with E-state index >= 15 is 0 Å². The summed E-state index contributed by atoms with van der Waals surface area (Å²) in [6, 6.07) is 16.9. The van der Waals surface area contributed by atoms with Crippen LogP contribution < -0.4 is 15.0 Å². The number of thioether (sulfide) groups is 1. The molecule has 0 saturated carbocycles. The molecule has 1 saturated heterocycles. The predicted octanol–water partition coefficient (Wildman–Crippen LogP) is 3.18. The predicted molar refractivity (Wildman–Crippen MR) is 113 cm³/mol. The Morgan fingerprint density at radius 3 is 2.59 bits per heavy atom. The molecule has 0 aliphatic carbocycles. The molecule has 1 heterocycles. The number of nitriles is 1. The van der Waals surface area contributed by atoms with Gasteiger partial charge in [0.1, 0.15) is 22.4 Å². The van der Waals surface area contributed by atoms with Gasteiger partial charge in [-0.1, -0.05) is 36.0 Å². The molecule has 1 fully saturated rings. The minimum absolute atomic E-state index is 0.0652. The number of methoxy groups -OCH3 is 1. The van der Waals surface area contributed by atoms with Crippen LogP contribution in [0, 0.1) is 18.3 Å². The smallest absolute Gasteiger partial charge is 0.264 e. The van der Waals surface area contributed by atoms with E-state index in [4.69, 9.17) is 4.74 Å². The molecule has 6 nitrogen and oxygen atoms in total. The standard InChI is InChI=1S/C22H21N3O3S/c1-14-5-4-6-16(11-14)25-21(27)19(12-15-7-9-17(28-3)10-8-15)29-22(25)18(13-23)20(26)24-2/h4-11,19H,12H2,1-3H3,(H,24,26). The second kappa shape index (κ2) is 8.84. The second-order valence-electron chi connectivity index (χ2n) is 6.54. The zero-order valence-electron chi connectivity index (χ0n) is 16.4. The van der Waals surface area contributed by atoms with Gasteiger partial charge >= 0.3 is 0 Å². The highest BCUT2D eigenvalue weighted by molar-refractivity contribution is 8.05. The van der Waals surface area contributed by atoms with Crippen LogP contribution in [0.5, 0.6) is 5.75 Å². The van der Waals surface area contributed by atoms with Crippen LogP contribution in [0.1, 0.15) is 11.1 Å². The average Bonchev–Trinajstić information content (AvgIpc) is 3.04. The van der Waals surface area contributed by atoms with Crippen LogP contribution in [0.3, 0.4) is 0 Å². The zero-order valence-corrected chi connectivity index (χ0v) is 17.2. The van der Waals surface area contributed by atoms with E-state index in [-0.39, 0.29) is 11.5 Å². The summed E-state index contributed by atoms with van der Waals surface area (Å²) in [4.78, 5) is 27.0. The molecule has 0 spiro atoms. The minimum atomic E-state index is -0.509. The van der Waals surface area contributed by atoms with Crippen LogP contribution in [0.25, 0.3) is 0 Å². The molecule has 2 aromatic rings. The first kappa shape index (κ1) is 20.5. The molecule has 3 rings (SSSR count). The third kappa shape index (κ3) is 4.28. The molecule has 2 amide bonds. The third-order valence-electron chi connectivity index (χ3n) is 4.57. The Morgan fingerprint density at radius 2 is 2.00 bits per heavy atom. The lowest BCUT2D eigenvalue weighted by Gasteiger charge is -2.19. The lowest BCUT2D eigenvalue weighted by Crippen LogP contribution is -2.31. The first-order valence-corrected chi connectivity index (χ1v) is 9.93. The van der Waals surface area contributed by atoms with E-state index in [0.29, 0.717) is 17.1 Å². The number of rotatable bonds is 5. The number of ether oxygens (including phenoxy) is 1. The fourth-order valence-electron chi connectivity index (χ4n) is 3.09. The molecule has 0 bridgehead atoms. The molecule has 1 N–H and O–H groups in total. The van der Waals surface area contributed by atoms with Gasteiger partial charge in [0.05, 0.1) is 12.4 Å². The third-order valence-corrected chi connectivity index (χ3v) is 5.84. The Bertz CT molecular complexity index is 1010. The van der Waals surface area contributed by atoms with Gasteiger partial charge in [-0.25, -0.2) is 0 Å². The lowest BCUT2D eigenvalue weighted by molar-refractivity contribution is -0.117. The summed E-state index contributed by atoms with van der Waals surface area (Å²) in [7, 11) is 3.07. The molecule has 29 heavy (non-hydrogen) atoms. The van der Waals surface area contributed by atoms with E-state index in [1.807, 2.05) is 55.5 Å². The summed E-state index contributed by atoms with van der Waals surface area (Å²) in [5.41, 5.74) is 2.54. The van der Waals surface area contributed by atoms with Crippen LogP contribution in [0.2, 0.25) is 0 Å². The molecule has 1 aliphatic rings. The molecule has 148 valence electrons. The summed E-state index contributed by atoms with van der Waals surface area (Å²) >= 11 is 1.25. The highest BCUT2D eigenvalue weighted by Gasteiger charge is 2.40. The summed E-state index contributed by atoms with van der Waals surface area (Å²) in [6.45, 7) is 1.93. The summed E-state index contributed by atoms with van der Waals surface area (Å²) in [6.07, 6.45) is 0.478. The van der Waals surface area contributed by atoms with E-state index in [1.54, 1.807) is 13.2 Å². The van der Waals surface area contributed by atoms with Gasteiger partial charge in [0, 0.05) is 12.7 Å². The van der Waals surface area contributed by atoms with E-state index < -0.39 is 11.2 Å². The quantitative estimate of drug-likeness (QED) is 0.608. The Hall–Kier alpha value is -3.24. The molecule has 7 heteroatoms. The maximum absolute atomic E-state index is 13.3. The number of hydrogen-bond donors (Lipinski definition) is 1. The van der Waals surface area contributed by atoms with Gasteiger partial charge in [0.2, 0.25) is 5.91 Å². The largest absolute Gasteiger partial charge is 0.497 e. The molecule has 1 aliphatic heterocycles. The van der Waals surface area contributed by atoms with Crippen molar-refractivity contribution in [2.75, 3.05) is 19.1 Å². The van der Waals surface area contributed by atoms with E-state index in [9.17, 15) is 14.9 Å². The highest BCUT2D eigenvalue weighted by Crippen LogP contribution is 2.42. The van der Waals surface area contributed by atoms with Gasteiger partial charge in [-0.15, -0.1) is 0 Å². The van der Waals surface area contributed by atoms with Crippen LogP contribution in [0.15, 0.2) is 59.1 Å². The Labute approximate surface area is 174 Å². The van der Waals surface area contributed by atoms with Crippen molar-refractivity contribution in [3.63, 3.8) is 0 Å². The monoisotopic (exact) mass is 407 g/mol. The normalized spacial score (nSPS) is 17.7. The van der Waals surface area contributed by atoms with Crippen molar-refractivity contribution < 1.29 is 14.3 Å². The first-order valence-electron chi connectivity index (χ1n) is 9.05. The fourth-order valence-corrected chi connectivity index (χ4v) is 4.40. The van der Waals surface area contributed by atoms with Crippen molar-refractivity contribution in [2.45, 2.75) is 18.6 Å². The number of aryl methyl sites for hydroxylation is 1. The Balaban J connectivity index is 2.01. The minimum Gasteiger partial charge on any atom is -0.497 e. The Kier molecular flexibility index (Phi) is 6.25. The number of nitrogens with zero attached hydrogens (tertiary/aromatic N) is 2. The number of amides is 2. The van der Waals surface area contributed by atoms with E-state index in [2.05, 4.69) is 5.32 Å². The number of likely N-dealkylation sites (N-methyl/N-ethyl adjacent to an activating group) is 1. The van der Waals surface area contributed by atoms with Gasteiger partial charge in [0.15, 0.2) is 0 Å². The molecule has 1 unspecified atom stereocenters. The van der Waals surface area contributed by atoms with E-state index in [0.717, 1.165) is 16.9 Å². The summed E-state index contributed by atoms with van der Waals surface area (Å²) in [5, 5.41) is 12.0. The number of hydrogen-bond acceptors (Lipinski definition) is 5. The summed E-state index contributed by atoms with van der Waals surface area (Å²) in [5.74, 6) is 0.0844. The van der Waals surface area contributed by atoms with Crippen LogP contribution in [0.4, 0.5) is 5.69 Å². The number of carbonyl (C=O) groups excluding carboxylic acids is 2. The maximum atomic E-state index is 13.3. The molecule has 2 aromatic carbocycles. The first-order chi connectivity index (χ1) is 14.0. The molecule has 1 atom stereocenters. The average molecular weight is 407 g/mol. The van der Waals surface area contributed by atoms with Gasteiger partial charge in [0.25, 0.3) is 5.91 Å². The lowest BCUT2D eigenvalue weighted by atomic mass is 10.1. The van der Waals surface area contributed by atoms with Crippen molar-refractivity contribution in [2.24, 2.45) is 0 Å². The fraction of sp³-hybridized carbons (Fsp3) is 0.227. The zero-order chi connectivity index (χ0) is 21.0. The van der Waals surface area contributed by atoms with Crippen molar-refractivity contribution in [1.82, 2.24) is 5.32 Å². The maximum Gasteiger partial charge on any atom is 0.264 e. The van der Waals surface area contributed by atoms with Gasteiger partial charge in [-0.2, -0.15) is 5.26 Å². The van der Waals surface area contributed by atoms with Gasteiger partial charge < -0.3 is 10.1 Å². The van der Waals surface area contributed by atoms with Gasteiger partial charge in [-0.05, 0) is 48.7 Å². The molecular formula is C22H21N3O3S. The molecule has 0 aromatic heterocycles. The Morgan fingerprint density at radius 1 is 1.28 bits per heavy atom. The number of anilines is 1. The number of carbonyl (C=O) groups is 2. The van der Waals surface area contributed by atoms with Gasteiger partial charge in [-0.3, -0.25) is 14.5 Å². The summed E-state index contributed by atoms with van der Waals surface area (Å²) < 4.78 is 5.18. The molecule has 0 radical (unpaired) electrons. The van der Waals surface area contributed by atoms with Crippen molar-refractivity contribution in [1.29, 1.82) is 5.26 Å². The van der Waals surface area contributed by atoms with Crippen molar-refractivity contribution in [3.05, 3.63) is 70.3 Å². The highest BCUT2D eigenvalue weighted by atomic mass is 32.2. The number of benzene rings is 2. The van der Waals surface area contributed by atoms with Crippen LogP contribution in [-0.4, -0.2) is 31.2 Å². The van der Waals surface area contributed by atoms with Crippen LogP contribution >= 0.6 is 11.8 Å².